The molecule has 3 N–H and O–H groups in total. The van der Waals surface area contributed by atoms with Crippen molar-refractivity contribution in [2.75, 3.05) is 32.6 Å². The first-order valence-corrected chi connectivity index (χ1v) is 11.5. The summed E-state index contributed by atoms with van der Waals surface area (Å²) in [5.41, 5.74) is 5.44. The average Bonchev–Trinajstić information content (AvgIpc) is 3.32. The highest BCUT2D eigenvalue weighted by molar-refractivity contribution is 5.94. The first-order chi connectivity index (χ1) is 16.0. The average molecular weight is 452 g/mol. The standard InChI is InChI=1S/C26H33N3O4/c1-5-33-18-9-11-29(15-21-19-8-10-28-25(19)16(2)12-24(21)32-4)23(14-18)17-6-7-20(26(30)31)22(13-17)27-3/h6-8,10,12-13,18,23,27-28H,5,9,11,14-15H2,1-4H3,(H,30,31)/t18?,23-/m1/s1. The zero-order chi connectivity index (χ0) is 23.5. The smallest absolute Gasteiger partial charge is 0.337 e. The van der Waals surface area contributed by atoms with Crippen LogP contribution in [0.4, 0.5) is 5.69 Å². The van der Waals surface area contributed by atoms with E-state index in [0.29, 0.717) is 12.3 Å². The monoisotopic (exact) mass is 451 g/mol. The van der Waals surface area contributed by atoms with Crippen LogP contribution in [0.2, 0.25) is 0 Å². The molecule has 33 heavy (non-hydrogen) atoms. The number of aryl methyl sites for hydroxylation is 1. The van der Waals surface area contributed by atoms with Crippen LogP contribution in [0.1, 0.15) is 52.9 Å². The topological polar surface area (TPSA) is 86.8 Å². The van der Waals surface area contributed by atoms with Crippen molar-refractivity contribution in [2.45, 2.75) is 45.4 Å². The Morgan fingerprint density at radius 2 is 2.12 bits per heavy atom. The van der Waals surface area contributed by atoms with Gasteiger partial charge in [-0.05, 0) is 62.1 Å². The van der Waals surface area contributed by atoms with E-state index in [-0.39, 0.29) is 17.7 Å². The van der Waals surface area contributed by atoms with Gasteiger partial charge >= 0.3 is 5.97 Å². The van der Waals surface area contributed by atoms with Crippen molar-refractivity contribution in [3.8, 4) is 5.75 Å². The molecule has 1 fully saturated rings. The number of rotatable bonds is 8. The van der Waals surface area contributed by atoms with Gasteiger partial charge in [-0.3, -0.25) is 4.90 Å². The minimum atomic E-state index is -0.933. The van der Waals surface area contributed by atoms with Crippen LogP contribution in [-0.4, -0.2) is 54.4 Å². The van der Waals surface area contributed by atoms with E-state index in [1.807, 2.05) is 25.3 Å². The summed E-state index contributed by atoms with van der Waals surface area (Å²) in [6.07, 6.45) is 3.97. The number of carbonyl (C=O) groups is 1. The number of carboxylic acid groups (broad SMARTS) is 1. The summed E-state index contributed by atoms with van der Waals surface area (Å²) < 4.78 is 11.8. The Morgan fingerprint density at radius 1 is 1.30 bits per heavy atom. The molecular formula is C26H33N3O4. The van der Waals surface area contributed by atoms with E-state index < -0.39 is 5.97 Å². The lowest BCUT2D eigenvalue weighted by Gasteiger charge is -2.40. The minimum absolute atomic E-state index is 0.102. The quantitative estimate of drug-likeness (QED) is 0.448. The fourth-order valence-corrected chi connectivity index (χ4v) is 5.05. The van der Waals surface area contributed by atoms with Gasteiger partial charge in [0.05, 0.1) is 18.8 Å². The first kappa shape index (κ1) is 23.1. The second-order valence-corrected chi connectivity index (χ2v) is 8.59. The number of likely N-dealkylation sites (tertiary alicyclic amines) is 1. The Balaban J connectivity index is 1.73. The molecule has 0 spiro atoms. The molecule has 2 heterocycles. The van der Waals surface area contributed by atoms with Crippen molar-refractivity contribution in [1.82, 2.24) is 9.88 Å². The van der Waals surface area contributed by atoms with Gasteiger partial charge in [-0.2, -0.15) is 0 Å². The van der Waals surface area contributed by atoms with Gasteiger partial charge in [0.1, 0.15) is 5.75 Å². The van der Waals surface area contributed by atoms with Crippen LogP contribution in [0.15, 0.2) is 36.5 Å². The third-order valence-corrected chi connectivity index (χ3v) is 6.69. The summed E-state index contributed by atoms with van der Waals surface area (Å²) in [7, 11) is 3.48. The lowest BCUT2D eigenvalue weighted by molar-refractivity contribution is -0.0138. The van der Waals surface area contributed by atoms with Crippen molar-refractivity contribution in [3.63, 3.8) is 0 Å². The molecule has 0 radical (unpaired) electrons. The normalized spacial score (nSPS) is 19.0. The number of H-pyrrole nitrogens is 1. The number of hydrogen-bond donors (Lipinski definition) is 3. The summed E-state index contributed by atoms with van der Waals surface area (Å²) in [5, 5.41) is 13.8. The van der Waals surface area contributed by atoms with Crippen molar-refractivity contribution in [1.29, 1.82) is 0 Å². The van der Waals surface area contributed by atoms with E-state index in [0.717, 1.165) is 53.9 Å². The summed E-state index contributed by atoms with van der Waals surface area (Å²) in [4.78, 5) is 17.4. The summed E-state index contributed by atoms with van der Waals surface area (Å²) in [6, 6.07) is 9.91. The molecule has 0 amide bonds. The molecule has 2 atom stereocenters. The van der Waals surface area contributed by atoms with Crippen molar-refractivity contribution in [2.24, 2.45) is 0 Å². The number of nitrogens with zero attached hydrogens (tertiary/aromatic N) is 1. The van der Waals surface area contributed by atoms with Gasteiger partial charge in [-0.1, -0.05) is 6.07 Å². The molecular weight excluding hydrogens is 418 g/mol. The van der Waals surface area contributed by atoms with Crippen LogP contribution in [0.3, 0.4) is 0 Å². The zero-order valence-corrected chi connectivity index (χ0v) is 19.8. The van der Waals surface area contributed by atoms with Crippen LogP contribution in [0.5, 0.6) is 5.75 Å². The van der Waals surface area contributed by atoms with Gasteiger partial charge in [-0.25, -0.2) is 4.79 Å². The fourth-order valence-electron chi connectivity index (χ4n) is 5.05. The van der Waals surface area contributed by atoms with Crippen molar-refractivity contribution >= 4 is 22.6 Å². The van der Waals surface area contributed by atoms with Crippen LogP contribution < -0.4 is 10.1 Å². The number of aromatic amines is 1. The second-order valence-electron chi connectivity index (χ2n) is 8.59. The number of anilines is 1. The summed E-state index contributed by atoms with van der Waals surface area (Å²) in [5.74, 6) is -0.0414. The Labute approximate surface area is 194 Å². The SMILES string of the molecule is CCOC1CCN(Cc2c(OC)cc(C)c3[nH]ccc23)[C@@H](c2ccc(C(=O)O)c(NC)c2)C1. The molecule has 1 aliphatic heterocycles. The van der Waals surface area contributed by atoms with Crippen molar-refractivity contribution < 1.29 is 19.4 Å². The van der Waals surface area contributed by atoms with E-state index in [9.17, 15) is 9.90 Å². The number of benzene rings is 2. The van der Waals surface area contributed by atoms with Gasteiger partial charge in [-0.15, -0.1) is 0 Å². The molecule has 1 saturated heterocycles. The van der Waals surface area contributed by atoms with Crippen molar-refractivity contribution in [3.05, 3.63) is 58.8 Å². The first-order valence-electron chi connectivity index (χ1n) is 11.5. The molecule has 1 unspecified atom stereocenters. The third kappa shape index (κ3) is 4.56. The number of carboxylic acids is 1. The maximum absolute atomic E-state index is 11.6. The Kier molecular flexibility index (Phi) is 6.91. The molecule has 7 nitrogen and oxygen atoms in total. The molecule has 176 valence electrons. The number of piperidine rings is 1. The van der Waals surface area contributed by atoms with Gasteiger partial charge in [0.2, 0.25) is 0 Å². The van der Waals surface area contributed by atoms with Gasteiger partial charge in [0, 0.05) is 61.1 Å². The molecule has 4 rings (SSSR count). The molecule has 1 aliphatic rings. The maximum Gasteiger partial charge on any atom is 0.337 e. The number of ether oxygens (including phenoxy) is 2. The third-order valence-electron chi connectivity index (χ3n) is 6.69. The lowest BCUT2D eigenvalue weighted by atomic mass is 9.91. The van der Waals surface area contributed by atoms with Crippen LogP contribution in [0, 0.1) is 6.92 Å². The number of methoxy groups -OCH3 is 1. The minimum Gasteiger partial charge on any atom is -0.496 e. The molecule has 7 heteroatoms. The highest BCUT2D eigenvalue weighted by atomic mass is 16.5. The Bertz CT molecular complexity index is 1140. The molecule has 0 bridgehead atoms. The molecule has 0 saturated carbocycles. The Morgan fingerprint density at radius 3 is 2.82 bits per heavy atom. The number of aromatic carboxylic acids is 1. The Hall–Kier alpha value is -3.03. The number of nitrogens with one attached hydrogen (secondary N) is 2. The van der Waals surface area contributed by atoms with E-state index in [1.54, 1.807) is 20.2 Å². The van der Waals surface area contributed by atoms with Gasteiger partial charge < -0.3 is 24.9 Å². The molecule has 1 aromatic heterocycles. The molecule has 0 aliphatic carbocycles. The van der Waals surface area contributed by atoms with E-state index in [4.69, 9.17) is 9.47 Å². The summed E-state index contributed by atoms with van der Waals surface area (Å²) >= 11 is 0. The lowest BCUT2D eigenvalue weighted by Crippen LogP contribution is -2.39. The second kappa shape index (κ2) is 9.85. The van der Waals surface area contributed by atoms with E-state index >= 15 is 0 Å². The summed E-state index contributed by atoms with van der Waals surface area (Å²) in [6.45, 7) is 6.42. The predicted molar refractivity (Wildman–Crippen MR) is 130 cm³/mol. The fraction of sp³-hybridized carbons (Fsp3) is 0.423. The van der Waals surface area contributed by atoms with Gasteiger partial charge in [0.25, 0.3) is 0 Å². The van der Waals surface area contributed by atoms with E-state index in [2.05, 4.69) is 34.3 Å². The number of aromatic nitrogens is 1. The number of hydrogen-bond acceptors (Lipinski definition) is 5. The van der Waals surface area contributed by atoms with Crippen LogP contribution in [-0.2, 0) is 11.3 Å². The van der Waals surface area contributed by atoms with Gasteiger partial charge in [0.15, 0.2) is 0 Å². The zero-order valence-electron chi connectivity index (χ0n) is 19.8. The van der Waals surface area contributed by atoms with Crippen LogP contribution in [0.25, 0.3) is 10.9 Å². The van der Waals surface area contributed by atoms with E-state index in [1.165, 1.54) is 5.39 Å². The highest BCUT2D eigenvalue weighted by Gasteiger charge is 2.32. The highest BCUT2D eigenvalue weighted by Crippen LogP contribution is 2.38. The molecule has 3 aromatic rings. The molecule has 2 aromatic carbocycles. The van der Waals surface area contributed by atoms with Crippen LogP contribution >= 0.6 is 0 Å². The number of fused-ring (bicyclic) bond motifs is 1. The predicted octanol–water partition coefficient (Wildman–Crippen LogP) is 4.97. The largest absolute Gasteiger partial charge is 0.496 e. The maximum atomic E-state index is 11.6.